The summed E-state index contributed by atoms with van der Waals surface area (Å²) in [5.41, 5.74) is 0.549. The van der Waals surface area contributed by atoms with Gasteiger partial charge in [-0.2, -0.15) is 0 Å². The number of benzene rings is 2. The number of ether oxygens (including phenoxy) is 1. The van der Waals surface area contributed by atoms with E-state index in [1.165, 1.54) is 36.4 Å². The van der Waals surface area contributed by atoms with Crippen LogP contribution in [0.4, 0.5) is 8.78 Å². The van der Waals surface area contributed by atoms with Crippen molar-refractivity contribution >= 4 is 17.9 Å². The van der Waals surface area contributed by atoms with Crippen molar-refractivity contribution in [1.82, 2.24) is 0 Å². The molecule has 0 unspecified atom stereocenters. The molecule has 3 nitrogen and oxygen atoms in total. The van der Waals surface area contributed by atoms with Gasteiger partial charge in [0.1, 0.15) is 11.6 Å². The minimum atomic E-state index is -0.697. The Balaban J connectivity index is 1.98. The Morgan fingerprint density at radius 2 is 1.86 bits per heavy atom. The van der Waals surface area contributed by atoms with Crippen LogP contribution in [-0.2, 0) is 9.53 Å². The van der Waals surface area contributed by atoms with Crippen molar-refractivity contribution in [3.63, 3.8) is 0 Å². The predicted octanol–water partition coefficient (Wildman–Crippen LogP) is 3.31. The van der Waals surface area contributed by atoms with Crippen LogP contribution in [0.3, 0.4) is 0 Å². The van der Waals surface area contributed by atoms with E-state index in [0.717, 1.165) is 0 Å². The van der Waals surface area contributed by atoms with Crippen molar-refractivity contribution < 1.29 is 18.3 Å². The topological polar surface area (TPSA) is 38.7 Å². The molecule has 1 aliphatic rings. The van der Waals surface area contributed by atoms with Gasteiger partial charge in [0.25, 0.3) is 0 Å². The van der Waals surface area contributed by atoms with Gasteiger partial charge in [-0.3, -0.25) is 0 Å². The Hall–Kier alpha value is -2.82. The molecule has 0 atom stereocenters. The lowest BCUT2D eigenvalue weighted by atomic mass is 10.2. The van der Waals surface area contributed by atoms with Crippen molar-refractivity contribution in [2.45, 2.75) is 0 Å². The third kappa shape index (κ3) is 2.72. The predicted molar refractivity (Wildman–Crippen MR) is 73.4 cm³/mol. The van der Waals surface area contributed by atoms with Crippen molar-refractivity contribution in [3.05, 3.63) is 77.0 Å². The molecule has 1 aliphatic heterocycles. The van der Waals surface area contributed by atoms with Crippen LogP contribution in [0.15, 0.2) is 59.2 Å². The summed E-state index contributed by atoms with van der Waals surface area (Å²) in [4.78, 5) is 15.7. The quantitative estimate of drug-likeness (QED) is 0.627. The average Bonchev–Trinajstić information content (AvgIpc) is 2.83. The van der Waals surface area contributed by atoms with Crippen molar-refractivity contribution in [1.29, 1.82) is 0 Å². The Bertz CT molecular complexity index is 781. The molecule has 3 rings (SSSR count). The lowest BCUT2D eigenvalue weighted by Crippen LogP contribution is -2.05. The van der Waals surface area contributed by atoms with E-state index in [2.05, 4.69) is 4.99 Å². The first-order chi connectivity index (χ1) is 10.1. The molecule has 104 valence electrons. The zero-order valence-corrected chi connectivity index (χ0v) is 10.7. The molecule has 2 aromatic carbocycles. The zero-order chi connectivity index (χ0) is 14.8. The standard InChI is InChI=1S/C16H9F2NO2/c17-12-6-3-5-11(8-12)15-19-14(16(20)21-15)9-10-4-1-2-7-13(10)18/h1-9H. The molecule has 0 fully saturated rings. The maximum Gasteiger partial charge on any atom is 0.363 e. The van der Waals surface area contributed by atoms with Crippen LogP contribution >= 0.6 is 0 Å². The number of hydrogen-bond donors (Lipinski definition) is 0. The molecular formula is C16H9F2NO2. The molecule has 0 aliphatic carbocycles. The molecule has 0 aromatic heterocycles. The highest BCUT2D eigenvalue weighted by molar-refractivity contribution is 6.12. The van der Waals surface area contributed by atoms with E-state index < -0.39 is 17.6 Å². The highest BCUT2D eigenvalue weighted by Crippen LogP contribution is 2.20. The lowest BCUT2D eigenvalue weighted by Gasteiger charge is -1.98. The van der Waals surface area contributed by atoms with Crippen LogP contribution in [0, 0.1) is 11.6 Å². The molecule has 0 N–H and O–H groups in total. The Labute approximate surface area is 119 Å². The fraction of sp³-hybridized carbons (Fsp3) is 0. The van der Waals surface area contributed by atoms with Crippen molar-refractivity contribution in [2.24, 2.45) is 4.99 Å². The second-order valence-corrected chi connectivity index (χ2v) is 4.37. The summed E-state index contributed by atoms with van der Waals surface area (Å²) in [7, 11) is 0. The SMILES string of the molecule is O=C1OC(c2cccc(F)c2)=NC1=Cc1ccccc1F. The van der Waals surface area contributed by atoms with Gasteiger partial charge < -0.3 is 4.74 Å². The maximum atomic E-state index is 13.5. The second kappa shape index (κ2) is 5.28. The third-order valence-corrected chi connectivity index (χ3v) is 2.89. The molecule has 21 heavy (non-hydrogen) atoms. The fourth-order valence-electron chi connectivity index (χ4n) is 1.89. The van der Waals surface area contributed by atoms with Gasteiger partial charge >= 0.3 is 5.97 Å². The summed E-state index contributed by atoms with van der Waals surface area (Å²) < 4.78 is 31.7. The first-order valence-corrected chi connectivity index (χ1v) is 6.16. The minimum Gasteiger partial charge on any atom is -0.402 e. The fourth-order valence-corrected chi connectivity index (χ4v) is 1.89. The molecule has 0 radical (unpaired) electrons. The Morgan fingerprint density at radius 3 is 2.62 bits per heavy atom. The monoisotopic (exact) mass is 285 g/mol. The number of carbonyl (C=O) groups excluding carboxylic acids is 1. The number of rotatable bonds is 2. The Kier molecular flexibility index (Phi) is 3.31. The molecule has 0 spiro atoms. The third-order valence-electron chi connectivity index (χ3n) is 2.89. The van der Waals surface area contributed by atoms with E-state index >= 15 is 0 Å². The van der Waals surface area contributed by atoms with E-state index in [4.69, 9.17) is 4.74 Å². The number of hydrogen-bond acceptors (Lipinski definition) is 3. The van der Waals surface area contributed by atoms with E-state index in [0.29, 0.717) is 5.56 Å². The zero-order valence-electron chi connectivity index (χ0n) is 10.7. The van der Waals surface area contributed by atoms with Crippen LogP contribution in [-0.4, -0.2) is 11.9 Å². The van der Waals surface area contributed by atoms with Gasteiger partial charge in [-0.1, -0.05) is 24.3 Å². The van der Waals surface area contributed by atoms with Gasteiger partial charge in [0.2, 0.25) is 5.90 Å². The Morgan fingerprint density at radius 1 is 1.05 bits per heavy atom. The molecule has 1 heterocycles. The van der Waals surface area contributed by atoms with Crippen LogP contribution in [0.5, 0.6) is 0 Å². The smallest absolute Gasteiger partial charge is 0.363 e. The van der Waals surface area contributed by atoms with Crippen LogP contribution in [0.1, 0.15) is 11.1 Å². The summed E-state index contributed by atoms with van der Waals surface area (Å²) in [6, 6.07) is 11.5. The van der Waals surface area contributed by atoms with Gasteiger partial charge in [-0.05, 0) is 30.3 Å². The van der Waals surface area contributed by atoms with Gasteiger partial charge in [0, 0.05) is 11.1 Å². The normalized spacial score (nSPS) is 16.0. The van der Waals surface area contributed by atoms with Gasteiger partial charge in [0.05, 0.1) is 0 Å². The van der Waals surface area contributed by atoms with Gasteiger partial charge in [-0.15, -0.1) is 0 Å². The molecule has 0 amide bonds. The molecule has 0 bridgehead atoms. The number of aliphatic imine (C=N–C) groups is 1. The molecule has 0 saturated carbocycles. The first kappa shape index (κ1) is 13.2. The van der Waals surface area contributed by atoms with Crippen molar-refractivity contribution in [3.8, 4) is 0 Å². The first-order valence-electron chi connectivity index (χ1n) is 6.16. The summed E-state index contributed by atoms with van der Waals surface area (Å²) in [6.07, 6.45) is 1.30. The van der Waals surface area contributed by atoms with Gasteiger partial charge in [-0.25, -0.2) is 18.6 Å². The largest absolute Gasteiger partial charge is 0.402 e. The van der Waals surface area contributed by atoms with Crippen LogP contribution < -0.4 is 0 Å². The number of cyclic esters (lactones) is 1. The van der Waals surface area contributed by atoms with Crippen molar-refractivity contribution in [2.75, 3.05) is 0 Å². The summed E-state index contributed by atoms with van der Waals surface area (Å²) in [5, 5.41) is 0. The summed E-state index contributed by atoms with van der Waals surface area (Å²) in [5.74, 6) is -1.62. The highest BCUT2D eigenvalue weighted by atomic mass is 19.1. The number of esters is 1. The van der Waals surface area contributed by atoms with E-state index in [1.54, 1.807) is 18.2 Å². The van der Waals surface area contributed by atoms with Crippen LogP contribution in [0.2, 0.25) is 0 Å². The minimum absolute atomic E-state index is 0.00193. The molecule has 2 aromatic rings. The molecule has 0 saturated heterocycles. The summed E-state index contributed by atoms with van der Waals surface area (Å²) >= 11 is 0. The lowest BCUT2D eigenvalue weighted by molar-refractivity contribution is -0.129. The highest BCUT2D eigenvalue weighted by Gasteiger charge is 2.24. The number of carbonyl (C=O) groups is 1. The number of nitrogens with zero attached hydrogens (tertiary/aromatic N) is 1. The second-order valence-electron chi connectivity index (χ2n) is 4.37. The molecule has 5 heteroatoms. The summed E-state index contributed by atoms with van der Waals surface area (Å²) in [6.45, 7) is 0. The maximum absolute atomic E-state index is 13.5. The molecular weight excluding hydrogens is 276 g/mol. The van der Waals surface area contributed by atoms with E-state index in [9.17, 15) is 13.6 Å². The van der Waals surface area contributed by atoms with Gasteiger partial charge in [0.15, 0.2) is 5.70 Å². The van der Waals surface area contributed by atoms with Crippen LogP contribution in [0.25, 0.3) is 6.08 Å². The van der Waals surface area contributed by atoms with E-state index in [-0.39, 0.29) is 17.2 Å². The number of halogens is 2. The van der Waals surface area contributed by atoms with E-state index in [1.807, 2.05) is 0 Å². The average molecular weight is 285 g/mol.